The zero-order valence-electron chi connectivity index (χ0n) is 11.5. The van der Waals surface area contributed by atoms with Gasteiger partial charge in [0.2, 0.25) is 0 Å². The molecule has 0 saturated carbocycles. The number of nitrogens with one attached hydrogen (secondary N) is 1. The molecular weight excluding hydrogens is 200 g/mol. The first-order chi connectivity index (χ1) is 7.54. The highest BCUT2D eigenvalue weighted by Gasteiger charge is 2.34. The molecule has 0 bridgehead atoms. The Kier molecular flexibility index (Phi) is 5.22. The lowest BCUT2D eigenvalue weighted by Crippen LogP contribution is -2.63. The van der Waals surface area contributed by atoms with Crippen molar-refractivity contribution in [3.63, 3.8) is 0 Å². The van der Waals surface area contributed by atoms with Gasteiger partial charge < -0.3 is 10.1 Å². The topological polar surface area (TPSA) is 24.5 Å². The van der Waals surface area contributed by atoms with E-state index in [-0.39, 0.29) is 5.54 Å². The Hall–Kier alpha value is -0.120. The van der Waals surface area contributed by atoms with Crippen LogP contribution in [-0.2, 0) is 4.74 Å². The molecule has 0 aromatic carbocycles. The first kappa shape index (κ1) is 13.9. The van der Waals surface area contributed by atoms with Crippen LogP contribution in [-0.4, -0.2) is 49.3 Å². The molecule has 16 heavy (non-hydrogen) atoms. The van der Waals surface area contributed by atoms with Crippen LogP contribution in [0.3, 0.4) is 0 Å². The minimum atomic E-state index is 0.277. The molecule has 1 saturated heterocycles. The molecule has 1 aliphatic heterocycles. The maximum atomic E-state index is 5.39. The standard InChI is InChI=1S/C13H28N2O/c1-6-12-8-14-13(4,7-2)10-15(12)9-11(3)16-5/h11-12,14H,6-10H2,1-5H3. The zero-order chi connectivity index (χ0) is 12.2. The van der Waals surface area contributed by atoms with Gasteiger partial charge in [0.15, 0.2) is 0 Å². The largest absolute Gasteiger partial charge is 0.380 e. The monoisotopic (exact) mass is 228 g/mol. The molecule has 0 aromatic rings. The van der Waals surface area contributed by atoms with E-state index in [1.54, 1.807) is 7.11 Å². The summed E-state index contributed by atoms with van der Waals surface area (Å²) in [6.45, 7) is 12.3. The average Bonchev–Trinajstić information content (AvgIpc) is 2.29. The quantitative estimate of drug-likeness (QED) is 0.777. The minimum absolute atomic E-state index is 0.277. The van der Waals surface area contributed by atoms with Crippen molar-refractivity contribution in [2.24, 2.45) is 0 Å². The SMILES string of the molecule is CCC1CNC(C)(CC)CN1CC(C)OC. The van der Waals surface area contributed by atoms with Gasteiger partial charge >= 0.3 is 0 Å². The molecule has 1 fully saturated rings. The Morgan fingerprint density at radius 2 is 2.19 bits per heavy atom. The number of hydrogen-bond donors (Lipinski definition) is 1. The van der Waals surface area contributed by atoms with Crippen molar-refractivity contribution in [3.05, 3.63) is 0 Å². The average molecular weight is 228 g/mol. The zero-order valence-corrected chi connectivity index (χ0v) is 11.5. The summed E-state index contributed by atoms with van der Waals surface area (Å²) in [6, 6.07) is 0.664. The fraction of sp³-hybridized carbons (Fsp3) is 1.00. The van der Waals surface area contributed by atoms with E-state index >= 15 is 0 Å². The lowest BCUT2D eigenvalue weighted by molar-refractivity contribution is 0.0221. The van der Waals surface area contributed by atoms with Crippen LogP contribution in [0.4, 0.5) is 0 Å². The van der Waals surface area contributed by atoms with Crippen LogP contribution < -0.4 is 5.32 Å². The molecule has 0 aromatic heterocycles. The van der Waals surface area contributed by atoms with Crippen LogP contribution in [0.5, 0.6) is 0 Å². The van der Waals surface area contributed by atoms with Gasteiger partial charge in [-0.2, -0.15) is 0 Å². The van der Waals surface area contributed by atoms with Gasteiger partial charge in [0.05, 0.1) is 6.10 Å². The number of piperazine rings is 1. The summed E-state index contributed by atoms with van der Waals surface area (Å²) in [7, 11) is 1.80. The third-order valence-electron chi connectivity index (χ3n) is 3.98. The van der Waals surface area contributed by atoms with Crippen molar-refractivity contribution in [1.29, 1.82) is 0 Å². The second kappa shape index (κ2) is 5.99. The van der Waals surface area contributed by atoms with E-state index < -0.39 is 0 Å². The number of ether oxygens (including phenoxy) is 1. The van der Waals surface area contributed by atoms with E-state index in [0.717, 1.165) is 19.6 Å². The first-order valence-corrected chi connectivity index (χ1v) is 6.56. The van der Waals surface area contributed by atoms with Gasteiger partial charge in [0.1, 0.15) is 0 Å². The van der Waals surface area contributed by atoms with Gasteiger partial charge in [-0.1, -0.05) is 13.8 Å². The van der Waals surface area contributed by atoms with Gasteiger partial charge in [0, 0.05) is 38.3 Å². The number of hydrogen-bond acceptors (Lipinski definition) is 3. The van der Waals surface area contributed by atoms with Crippen LogP contribution in [0.25, 0.3) is 0 Å². The molecule has 1 heterocycles. The number of nitrogens with zero attached hydrogens (tertiary/aromatic N) is 1. The highest BCUT2D eigenvalue weighted by atomic mass is 16.5. The van der Waals surface area contributed by atoms with E-state index in [1.165, 1.54) is 12.8 Å². The summed E-state index contributed by atoms with van der Waals surface area (Å²) in [4.78, 5) is 2.59. The third kappa shape index (κ3) is 3.44. The molecule has 0 radical (unpaired) electrons. The van der Waals surface area contributed by atoms with Gasteiger partial charge in [-0.25, -0.2) is 0 Å². The van der Waals surface area contributed by atoms with Crippen molar-refractivity contribution >= 4 is 0 Å². The summed E-state index contributed by atoms with van der Waals surface area (Å²) in [5.74, 6) is 0. The summed E-state index contributed by atoms with van der Waals surface area (Å²) in [5.41, 5.74) is 0.277. The van der Waals surface area contributed by atoms with Crippen LogP contribution in [0, 0.1) is 0 Å². The fourth-order valence-electron chi connectivity index (χ4n) is 2.38. The van der Waals surface area contributed by atoms with Crippen LogP contribution in [0.15, 0.2) is 0 Å². The van der Waals surface area contributed by atoms with Crippen molar-refractivity contribution < 1.29 is 4.74 Å². The van der Waals surface area contributed by atoms with Crippen molar-refractivity contribution in [3.8, 4) is 0 Å². The Balaban J connectivity index is 2.60. The second-order valence-corrected chi connectivity index (χ2v) is 5.33. The van der Waals surface area contributed by atoms with E-state index in [0.29, 0.717) is 12.1 Å². The Labute approximate surface area is 101 Å². The van der Waals surface area contributed by atoms with Crippen LogP contribution in [0.2, 0.25) is 0 Å². The Morgan fingerprint density at radius 1 is 1.50 bits per heavy atom. The minimum Gasteiger partial charge on any atom is -0.380 e. The third-order valence-corrected chi connectivity index (χ3v) is 3.98. The van der Waals surface area contributed by atoms with Gasteiger partial charge in [-0.3, -0.25) is 4.90 Å². The predicted molar refractivity (Wildman–Crippen MR) is 68.8 cm³/mol. The molecule has 3 unspecified atom stereocenters. The maximum Gasteiger partial charge on any atom is 0.0670 e. The maximum absolute atomic E-state index is 5.39. The van der Waals surface area contributed by atoms with E-state index in [1.807, 2.05) is 0 Å². The number of methoxy groups -OCH3 is 1. The van der Waals surface area contributed by atoms with E-state index in [4.69, 9.17) is 4.74 Å². The predicted octanol–water partition coefficient (Wildman–Crippen LogP) is 1.87. The molecule has 1 rings (SSSR count). The van der Waals surface area contributed by atoms with Crippen molar-refractivity contribution in [2.45, 2.75) is 58.2 Å². The van der Waals surface area contributed by atoms with E-state index in [2.05, 4.69) is 37.9 Å². The fourth-order valence-corrected chi connectivity index (χ4v) is 2.38. The van der Waals surface area contributed by atoms with Gasteiger partial charge in [-0.05, 0) is 26.7 Å². The summed E-state index contributed by atoms with van der Waals surface area (Å²) >= 11 is 0. The lowest BCUT2D eigenvalue weighted by atomic mass is 9.92. The molecule has 1 aliphatic rings. The van der Waals surface area contributed by atoms with Crippen molar-refractivity contribution in [2.75, 3.05) is 26.7 Å². The van der Waals surface area contributed by atoms with Gasteiger partial charge in [0.25, 0.3) is 0 Å². The molecule has 96 valence electrons. The van der Waals surface area contributed by atoms with Gasteiger partial charge in [-0.15, -0.1) is 0 Å². The van der Waals surface area contributed by atoms with E-state index in [9.17, 15) is 0 Å². The molecule has 1 N–H and O–H groups in total. The van der Waals surface area contributed by atoms with Crippen LogP contribution >= 0.6 is 0 Å². The molecule has 3 heteroatoms. The Bertz CT molecular complexity index is 210. The second-order valence-electron chi connectivity index (χ2n) is 5.33. The molecule has 3 nitrogen and oxygen atoms in total. The smallest absolute Gasteiger partial charge is 0.0670 e. The summed E-state index contributed by atoms with van der Waals surface area (Å²) in [5, 5.41) is 3.68. The first-order valence-electron chi connectivity index (χ1n) is 6.56. The highest BCUT2D eigenvalue weighted by Crippen LogP contribution is 2.20. The molecule has 0 aliphatic carbocycles. The highest BCUT2D eigenvalue weighted by molar-refractivity contribution is 4.94. The molecule has 0 amide bonds. The molecule has 3 atom stereocenters. The summed E-state index contributed by atoms with van der Waals surface area (Å²) in [6.07, 6.45) is 2.72. The normalized spacial score (nSPS) is 33.9. The summed E-state index contributed by atoms with van der Waals surface area (Å²) < 4.78 is 5.39. The number of rotatable bonds is 5. The molecule has 0 spiro atoms. The molecular formula is C13H28N2O. The Morgan fingerprint density at radius 3 is 2.69 bits per heavy atom. The van der Waals surface area contributed by atoms with Crippen LogP contribution in [0.1, 0.15) is 40.5 Å². The lowest BCUT2D eigenvalue weighted by Gasteiger charge is -2.46. The van der Waals surface area contributed by atoms with Crippen molar-refractivity contribution in [1.82, 2.24) is 10.2 Å².